The monoisotopic (exact) mass is 563 g/mol. The summed E-state index contributed by atoms with van der Waals surface area (Å²) in [7, 11) is -3.74. The van der Waals surface area contributed by atoms with E-state index in [2.05, 4.69) is 45.8 Å². The van der Waals surface area contributed by atoms with Crippen LogP contribution in [0.1, 0.15) is 27.0 Å². The molecular weight excluding hydrogens is 530 g/mol. The fourth-order valence-electron chi connectivity index (χ4n) is 4.63. The molecule has 39 heavy (non-hydrogen) atoms. The Labute approximate surface area is 233 Å². The number of hydrogen-bond acceptors (Lipinski definition) is 7. The Morgan fingerprint density at radius 3 is 2.38 bits per heavy atom. The topological polar surface area (TPSA) is 94.6 Å². The summed E-state index contributed by atoms with van der Waals surface area (Å²) in [5, 5.41) is 4.04. The number of benzene rings is 3. The Bertz CT molecular complexity index is 1550. The van der Waals surface area contributed by atoms with Crippen molar-refractivity contribution in [3.05, 3.63) is 82.9 Å². The molecule has 2 N–H and O–H groups in total. The maximum atomic E-state index is 12.8. The van der Waals surface area contributed by atoms with E-state index in [9.17, 15) is 13.2 Å². The van der Waals surface area contributed by atoms with E-state index in [1.54, 1.807) is 59.9 Å². The average Bonchev–Trinajstić information content (AvgIpc) is 3.38. The van der Waals surface area contributed by atoms with Gasteiger partial charge in [0.25, 0.3) is 15.9 Å². The molecule has 0 radical (unpaired) electrons. The first-order valence-electron chi connectivity index (χ1n) is 13.0. The van der Waals surface area contributed by atoms with Crippen LogP contribution in [-0.4, -0.2) is 63.5 Å². The van der Waals surface area contributed by atoms with Crippen molar-refractivity contribution in [1.82, 2.24) is 15.2 Å². The molecule has 8 nitrogen and oxygen atoms in total. The van der Waals surface area contributed by atoms with E-state index in [1.807, 2.05) is 6.92 Å². The van der Waals surface area contributed by atoms with E-state index < -0.39 is 10.0 Å². The Hall–Kier alpha value is -3.47. The molecule has 1 aliphatic rings. The molecule has 3 aromatic carbocycles. The fraction of sp³-hybridized carbons (Fsp3) is 0.310. The van der Waals surface area contributed by atoms with Crippen LogP contribution in [0.2, 0.25) is 0 Å². The van der Waals surface area contributed by atoms with Gasteiger partial charge in [0.15, 0.2) is 5.13 Å². The van der Waals surface area contributed by atoms with Crippen molar-refractivity contribution in [3.8, 4) is 0 Å². The van der Waals surface area contributed by atoms with Crippen molar-refractivity contribution in [3.63, 3.8) is 0 Å². The molecule has 4 aromatic rings. The minimum absolute atomic E-state index is 0.177. The van der Waals surface area contributed by atoms with E-state index in [4.69, 9.17) is 4.98 Å². The number of nitrogens with one attached hydrogen (secondary N) is 2. The summed E-state index contributed by atoms with van der Waals surface area (Å²) < 4.78 is 29.2. The number of thiazole rings is 1. The number of anilines is 2. The third-order valence-electron chi connectivity index (χ3n) is 7.00. The number of carbonyl (C=O) groups excluding carboxylic acids is 1. The van der Waals surface area contributed by atoms with Gasteiger partial charge in [0.05, 0.1) is 15.1 Å². The molecule has 1 aliphatic heterocycles. The summed E-state index contributed by atoms with van der Waals surface area (Å²) >= 11 is 1.77. The van der Waals surface area contributed by atoms with Gasteiger partial charge in [-0.25, -0.2) is 13.4 Å². The molecule has 1 amide bonds. The zero-order valence-corrected chi connectivity index (χ0v) is 24.0. The molecule has 2 heterocycles. The molecule has 0 unspecified atom stereocenters. The van der Waals surface area contributed by atoms with Crippen molar-refractivity contribution >= 4 is 48.3 Å². The van der Waals surface area contributed by atoms with Gasteiger partial charge in [0.1, 0.15) is 0 Å². The second-order valence-corrected chi connectivity index (χ2v) is 12.6. The average molecular weight is 564 g/mol. The SMILES string of the molecule is Cc1ccc(S(=O)(=O)Nc2cccc(C(=O)NCCN3CCN(c4nc5c(C)ccc(C)c5s4)CC3)c2)cc1. The number of amides is 1. The van der Waals surface area contributed by atoms with Gasteiger partial charge in [0, 0.05) is 50.5 Å². The first-order chi connectivity index (χ1) is 18.7. The molecule has 0 atom stereocenters. The van der Waals surface area contributed by atoms with E-state index in [0.717, 1.165) is 48.9 Å². The van der Waals surface area contributed by atoms with Crippen LogP contribution in [0.5, 0.6) is 0 Å². The van der Waals surface area contributed by atoms with Crippen molar-refractivity contribution in [1.29, 1.82) is 0 Å². The summed E-state index contributed by atoms with van der Waals surface area (Å²) in [4.78, 5) is 22.5. The van der Waals surface area contributed by atoms with Crippen LogP contribution in [-0.2, 0) is 10.0 Å². The van der Waals surface area contributed by atoms with E-state index in [1.165, 1.54) is 15.8 Å². The normalized spacial score (nSPS) is 14.5. The number of rotatable bonds is 8. The maximum Gasteiger partial charge on any atom is 0.261 e. The quantitative estimate of drug-likeness (QED) is 0.326. The first-order valence-corrected chi connectivity index (χ1v) is 15.3. The first kappa shape index (κ1) is 27.1. The lowest BCUT2D eigenvalue weighted by molar-refractivity contribution is 0.0948. The van der Waals surface area contributed by atoms with Crippen LogP contribution in [0, 0.1) is 20.8 Å². The highest BCUT2D eigenvalue weighted by Crippen LogP contribution is 2.33. The molecular formula is C29H33N5O3S2. The number of sulfonamides is 1. The van der Waals surface area contributed by atoms with Gasteiger partial charge >= 0.3 is 0 Å². The number of hydrogen-bond donors (Lipinski definition) is 2. The highest BCUT2D eigenvalue weighted by atomic mass is 32.2. The number of aromatic nitrogens is 1. The largest absolute Gasteiger partial charge is 0.351 e. The molecule has 0 aliphatic carbocycles. The van der Waals surface area contributed by atoms with Gasteiger partial charge in [-0.3, -0.25) is 14.4 Å². The van der Waals surface area contributed by atoms with Crippen LogP contribution in [0.25, 0.3) is 10.2 Å². The molecule has 1 fully saturated rings. The smallest absolute Gasteiger partial charge is 0.261 e. The lowest BCUT2D eigenvalue weighted by Crippen LogP contribution is -2.48. The number of carbonyl (C=O) groups is 1. The predicted octanol–water partition coefficient (Wildman–Crippen LogP) is 4.57. The predicted molar refractivity (Wildman–Crippen MR) is 159 cm³/mol. The van der Waals surface area contributed by atoms with Crippen molar-refractivity contribution in [2.75, 3.05) is 48.9 Å². The Morgan fingerprint density at radius 1 is 0.949 bits per heavy atom. The third kappa shape index (κ3) is 6.24. The number of fused-ring (bicyclic) bond motifs is 1. The number of aryl methyl sites for hydroxylation is 3. The Balaban J connectivity index is 1.11. The highest BCUT2D eigenvalue weighted by Gasteiger charge is 2.21. The minimum Gasteiger partial charge on any atom is -0.351 e. The molecule has 204 valence electrons. The third-order valence-corrected chi connectivity index (χ3v) is 9.64. The molecule has 0 saturated carbocycles. The van der Waals surface area contributed by atoms with E-state index >= 15 is 0 Å². The molecule has 1 saturated heterocycles. The van der Waals surface area contributed by atoms with Crippen LogP contribution in [0.3, 0.4) is 0 Å². The summed E-state index contributed by atoms with van der Waals surface area (Å²) in [5.41, 5.74) is 5.31. The Kier molecular flexibility index (Phi) is 7.88. The van der Waals surface area contributed by atoms with Gasteiger partial charge in [-0.2, -0.15) is 0 Å². The van der Waals surface area contributed by atoms with Gasteiger partial charge in [-0.05, 0) is 62.2 Å². The lowest BCUT2D eigenvalue weighted by Gasteiger charge is -2.34. The summed E-state index contributed by atoms with van der Waals surface area (Å²) in [6.45, 7) is 11.0. The standard InChI is InChI=1S/C29H33N5O3S2/c1-20-7-11-25(12-8-20)39(36,37)32-24-6-4-5-23(19-24)28(35)30-13-14-33-15-17-34(18-16-33)29-31-26-21(2)9-10-22(3)27(26)38-29/h4-12,19,32H,13-18H2,1-3H3,(H,30,35). The molecule has 5 rings (SSSR count). The van der Waals surface area contributed by atoms with Crippen LogP contribution >= 0.6 is 11.3 Å². The lowest BCUT2D eigenvalue weighted by atomic mass is 10.1. The number of piperazine rings is 1. The van der Waals surface area contributed by atoms with Crippen LogP contribution < -0.4 is 14.9 Å². The second-order valence-electron chi connectivity index (χ2n) is 9.96. The summed E-state index contributed by atoms with van der Waals surface area (Å²) in [6, 6.07) is 17.5. The molecule has 0 spiro atoms. The Morgan fingerprint density at radius 2 is 1.67 bits per heavy atom. The fourth-order valence-corrected chi connectivity index (χ4v) is 6.84. The van der Waals surface area contributed by atoms with Crippen LogP contribution in [0.4, 0.5) is 10.8 Å². The summed E-state index contributed by atoms with van der Waals surface area (Å²) in [5.74, 6) is -0.231. The zero-order chi connectivity index (χ0) is 27.6. The second kappa shape index (κ2) is 11.3. The molecule has 10 heteroatoms. The van der Waals surface area contributed by atoms with Crippen LogP contribution in [0.15, 0.2) is 65.6 Å². The van der Waals surface area contributed by atoms with Gasteiger partial charge in [-0.15, -0.1) is 0 Å². The highest BCUT2D eigenvalue weighted by molar-refractivity contribution is 7.92. The van der Waals surface area contributed by atoms with Crippen molar-refractivity contribution in [2.45, 2.75) is 25.7 Å². The van der Waals surface area contributed by atoms with Crippen molar-refractivity contribution in [2.24, 2.45) is 0 Å². The number of nitrogens with zero attached hydrogens (tertiary/aromatic N) is 3. The van der Waals surface area contributed by atoms with E-state index in [-0.39, 0.29) is 10.8 Å². The maximum absolute atomic E-state index is 12.8. The van der Waals surface area contributed by atoms with E-state index in [0.29, 0.717) is 17.8 Å². The van der Waals surface area contributed by atoms with Gasteiger partial charge in [-0.1, -0.05) is 47.2 Å². The van der Waals surface area contributed by atoms with Crippen molar-refractivity contribution < 1.29 is 13.2 Å². The summed E-state index contributed by atoms with van der Waals surface area (Å²) in [6.07, 6.45) is 0. The molecule has 1 aromatic heterocycles. The minimum atomic E-state index is -3.74. The molecule has 0 bridgehead atoms. The van der Waals surface area contributed by atoms with Gasteiger partial charge < -0.3 is 10.2 Å². The zero-order valence-electron chi connectivity index (χ0n) is 22.4. The van der Waals surface area contributed by atoms with Gasteiger partial charge in [0.2, 0.25) is 0 Å².